The topological polar surface area (TPSA) is 64.1 Å². The van der Waals surface area contributed by atoms with Crippen LogP contribution in [0.5, 0.6) is 5.75 Å². The number of hydrogen-bond donors (Lipinski definition) is 2. The first-order valence-corrected chi connectivity index (χ1v) is 9.78. The van der Waals surface area contributed by atoms with Gasteiger partial charge in [0.25, 0.3) is 0 Å². The summed E-state index contributed by atoms with van der Waals surface area (Å²) in [6.07, 6.45) is 4.01. The van der Waals surface area contributed by atoms with E-state index in [9.17, 15) is 4.39 Å². The molecule has 0 radical (unpaired) electrons. The fourth-order valence-electron chi connectivity index (χ4n) is 2.79. The minimum atomic E-state index is -0.346. The molecule has 1 aromatic carbocycles. The third-order valence-electron chi connectivity index (χ3n) is 4.39. The van der Waals surface area contributed by atoms with Gasteiger partial charge in [0.05, 0.1) is 19.3 Å². The largest absolute Gasteiger partial charge is 0.486 e. The van der Waals surface area contributed by atoms with E-state index >= 15 is 0 Å². The number of hydrogen-bond acceptors (Lipinski definition) is 4. The summed E-state index contributed by atoms with van der Waals surface area (Å²) in [6.45, 7) is 5.54. The Kier molecular flexibility index (Phi) is 13.2. The highest BCUT2D eigenvalue weighted by Crippen LogP contribution is 2.17. The molecule has 28 heavy (non-hydrogen) atoms. The van der Waals surface area contributed by atoms with Crippen molar-refractivity contribution < 1.29 is 18.6 Å². The first kappa shape index (κ1) is 24.9. The summed E-state index contributed by atoms with van der Waals surface area (Å²) < 4.78 is 30.6. The lowest BCUT2D eigenvalue weighted by atomic mass is 10.2. The van der Waals surface area contributed by atoms with Crippen molar-refractivity contribution in [2.45, 2.75) is 44.8 Å². The molecule has 0 saturated carbocycles. The van der Waals surface area contributed by atoms with Crippen LogP contribution in [-0.2, 0) is 9.47 Å². The average Bonchev–Trinajstić information content (AvgIpc) is 3.20. The monoisotopic (exact) mass is 509 g/mol. The van der Waals surface area contributed by atoms with Gasteiger partial charge in [0.1, 0.15) is 6.10 Å². The molecule has 160 valence electrons. The highest BCUT2D eigenvalue weighted by molar-refractivity contribution is 14.0. The molecular formula is C20H33FIN3O3. The molecule has 1 fully saturated rings. The van der Waals surface area contributed by atoms with E-state index in [1.165, 1.54) is 6.07 Å². The maximum absolute atomic E-state index is 13.7. The zero-order valence-electron chi connectivity index (χ0n) is 16.8. The number of para-hydroxylation sites is 1. The quantitative estimate of drug-likeness (QED) is 0.207. The zero-order valence-corrected chi connectivity index (χ0v) is 19.1. The van der Waals surface area contributed by atoms with E-state index in [-0.39, 0.29) is 47.8 Å². The van der Waals surface area contributed by atoms with Gasteiger partial charge in [-0.1, -0.05) is 19.1 Å². The van der Waals surface area contributed by atoms with E-state index in [1.807, 2.05) is 6.92 Å². The lowest BCUT2D eigenvalue weighted by Gasteiger charge is -2.20. The molecule has 1 aliphatic heterocycles. The standard InChI is InChI=1S/C20H32FN3O3.HI/c1-3-16(27-19-10-5-4-9-18(19)21)14-24-20(22-2)23-11-7-12-25-15-17-8-6-13-26-17;/h4-5,9-10,16-17H,3,6-8,11-15H2,1-2H3,(H2,22,23,24);1H. The Morgan fingerprint density at radius 1 is 1.36 bits per heavy atom. The Bertz CT molecular complexity index is 571. The van der Waals surface area contributed by atoms with E-state index in [1.54, 1.807) is 25.2 Å². The van der Waals surface area contributed by atoms with Crippen molar-refractivity contribution in [3.63, 3.8) is 0 Å². The third kappa shape index (κ3) is 9.38. The predicted octanol–water partition coefficient (Wildman–Crippen LogP) is 3.35. The van der Waals surface area contributed by atoms with E-state index in [2.05, 4.69) is 15.6 Å². The Labute approximate surface area is 184 Å². The molecule has 0 bridgehead atoms. The van der Waals surface area contributed by atoms with Crippen LogP contribution in [0.4, 0.5) is 4.39 Å². The van der Waals surface area contributed by atoms with Crippen LogP contribution >= 0.6 is 24.0 Å². The molecule has 1 saturated heterocycles. The van der Waals surface area contributed by atoms with Crippen LogP contribution in [0.15, 0.2) is 29.3 Å². The van der Waals surface area contributed by atoms with Crippen molar-refractivity contribution in [2.75, 3.05) is 40.0 Å². The lowest BCUT2D eigenvalue weighted by molar-refractivity contribution is 0.0168. The number of nitrogens with one attached hydrogen (secondary N) is 2. The highest BCUT2D eigenvalue weighted by Gasteiger charge is 2.15. The van der Waals surface area contributed by atoms with Crippen LogP contribution < -0.4 is 15.4 Å². The Morgan fingerprint density at radius 3 is 2.86 bits per heavy atom. The molecule has 0 spiro atoms. The van der Waals surface area contributed by atoms with Crippen LogP contribution in [0.3, 0.4) is 0 Å². The molecule has 2 atom stereocenters. The van der Waals surface area contributed by atoms with Crippen LogP contribution in [0.25, 0.3) is 0 Å². The minimum absolute atomic E-state index is 0. The molecule has 1 aromatic rings. The smallest absolute Gasteiger partial charge is 0.191 e. The normalized spacial score (nSPS) is 17.7. The number of ether oxygens (including phenoxy) is 3. The first-order valence-electron chi connectivity index (χ1n) is 9.78. The van der Waals surface area contributed by atoms with Crippen molar-refractivity contribution >= 4 is 29.9 Å². The summed E-state index contributed by atoms with van der Waals surface area (Å²) in [7, 11) is 1.72. The third-order valence-corrected chi connectivity index (χ3v) is 4.39. The van der Waals surface area contributed by atoms with E-state index in [0.29, 0.717) is 25.7 Å². The van der Waals surface area contributed by atoms with Crippen molar-refractivity contribution in [3.05, 3.63) is 30.1 Å². The van der Waals surface area contributed by atoms with Crippen molar-refractivity contribution in [1.82, 2.24) is 10.6 Å². The van der Waals surface area contributed by atoms with Gasteiger partial charge >= 0.3 is 0 Å². The van der Waals surface area contributed by atoms with Crippen molar-refractivity contribution in [1.29, 1.82) is 0 Å². The summed E-state index contributed by atoms with van der Waals surface area (Å²) in [5, 5.41) is 6.48. The maximum atomic E-state index is 13.7. The second-order valence-corrected chi connectivity index (χ2v) is 6.52. The number of nitrogens with zero attached hydrogens (tertiary/aromatic N) is 1. The maximum Gasteiger partial charge on any atom is 0.191 e. The molecule has 2 unspecified atom stereocenters. The Hall–Kier alpha value is -1.13. The second-order valence-electron chi connectivity index (χ2n) is 6.52. The van der Waals surface area contributed by atoms with Gasteiger partial charge < -0.3 is 24.8 Å². The number of benzene rings is 1. The highest BCUT2D eigenvalue weighted by atomic mass is 127. The molecule has 0 aliphatic carbocycles. The summed E-state index contributed by atoms with van der Waals surface area (Å²) >= 11 is 0. The molecule has 6 nitrogen and oxygen atoms in total. The molecule has 2 rings (SSSR count). The minimum Gasteiger partial charge on any atom is -0.486 e. The van der Waals surface area contributed by atoms with Gasteiger partial charge in [0.2, 0.25) is 0 Å². The number of guanidine groups is 1. The average molecular weight is 509 g/mol. The fourth-order valence-corrected chi connectivity index (χ4v) is 2.79. The summed E-state index contributed by atoms with van der Waals surface area (Å²) in [6, 6.07) is 6.45. The van der Waals surface area contributed by atoms with Gasteiger partial charge in [-0.25, -0.2) is 4.39 Å². The van der Waals surface area contributed by atoms with Crippen molar-refractivity contribution in [2.24, 2.45) is 4.99 Å². The zero-order chi connectivity index (χ0) is 19.3. The fraction of sp³-hybridized carbons (Fsp3) is 0.650. The Balaban J connectivity index is 0.00000392. The number of rotatable bonds is 11. The van der Waals surface area contributed by atoms with Crippen LogP contribution in [0.1, 0.15) is 32.6 Å². The molecule has 1 aliphatic rings. The second kappa shape index (κ2) is 14.8. The number of halogens is 2. The number of aliphatic imine (C=N–C) groups is 1. The molecule has 8 heteroatoms. The van der Waals surface area contributed by atoms with E-state index in [4.69, 9.17) is 14.2 Å². The molecule has 0 aromatic heterocycles. The first-order chi connectivity index (χ1) is 13.2. The Morgan fingerprint density at radius 2 is 2.18 bits per heavy atom. The molecule has 0 amide bonds. The van der Waals surface area contributed by atoms with Gasteiger partial charge in [-0.3, -0.25) is 4.99 Å². The van der Waals surface area contributed by atoms with Gasteiger partial charge in [-0.15, -0.1) is 24.0 Å². The van der Waals surface area contributed by atoms with Crippen molar-refractivity contribution in [3.8, 4) is 5.75 Å². The van der Waals surface area contributed by atoms with E-state index < -0.39 is 0 Å². The predicted molar refractivity (Wildman–Crippen MR) is 120 cm³/mol. The summed E-state index contributed by atoms with van der Waals surface area (Å²) in [4.78, 5) is 4.20. The lowest BCUT2D eigenvalue weighted by Crippen LogP contribution is -2.43. The van der Waals surface area contributed by atoms with Crippen LogP contribution in [0.2, 0.25) is 0 Å². The van der Waals surface area contributed by atoms with Crippen LogP contribution in [-0.4, -0.2) is 58.1 Å². The summed E-state index contributed by atoms with van der Waals surface area (Å²) in [5.41, 5.74) is 0. The SMILES string of the molecule is CCC(CNC(=NC)NCCCOCC1CCCO1)Oc1ccccc1F.I. The molecule has 2 N–H and O–H groups in total. The molecule has 1 heterocycles. The van der Waals surface area contributed by atoms with Gasteiger partial charge in [0.15, 0.2) is 17.5 Å². The summed E-state index contributed by atoms with van der Waals surface area (Å²) in [5.74, 6) is 0.628. The van der Waals surface area contributed by atoms with Gasteiger partial charge in [-0.05, 0) is 37.8 Å². The van der Waals surface area contributed by atoms with E-state index in [0.717, 1.165) is 38.8 Å². The van der Waals surface area contributed by atoms with Crippen LogP contribution in [0, 0.1) is 5.82 Å². The molecular weight excluding hydrogens is 476 g/mol. The van der Waals surface area contributed by atoms with Gasteiger partial charge in [0, 0.05) is 26.8 Å². The van der Waals surface area contributed by atoms with Gasteiger partial charge in [-0.2, -0.15) is 0 Å².